The molecule has 1 N–H and O–H groups in total. The van der Waals surface area contributed by atoms with Crippen molar-refractivity contribution in [1.82, 2.24) is 4.90 Å². The molecule has 0 spiro atoms. The molecule has 138 valence electrons. The van der Waals surface area contributed by atoms with Crippen LogP contribution in [0.2, 0.25) is 0 Å². The van der Waals surface area contributed by atoms with Gasteiger partial charge in [-0.15, -0.1) is 0 Å². The number of aliphatic hydroxyl groups excluding tert-OH is 1. The molecule has 1 aromatic carbocycles. The van der Waals surface area contributed by atoms with Gasteiger partial charge in [-0.3, -0.25) is 4.90 Å². The molecular formula is C19H25F2NO3. The van der Waals surface area contributed by atoms with Crippen LogP contribution in [0.1, 0.15) is 31.6 Å². The molecule has 0 fully saturated rings. The minimum Gasteiger partial charge on any atom is -0.467 e. The van der Waals surface area contributed by atoms with Gasteiger partial charge in [-0.05, 0) is 31.5 Å². The van der Waals surface area contributed by atoms with Crippen molar-refractivity contribution in [3.05, 3.63) is 59.6 Å². The zero-order chi connectivity index (χ0) is 18.2. The van der Waals surface area contributed by atoms with E-state index in [4.69, 9.17) is 9.15 Å². The summed E-state index contributed by atoms with van der Waals surface area (Å²) in [5.41, 5.74) is 0.408. The number of aliphatic hydroxyl groups is 1. The van der Waals surface area contributed by atoms with E-state index in [0.717, 1.165) is 12.5 Å². The summed E-state index contributed by atoms with van der Waals surface area (Å²) in [6.07, 6.45) is 1.70. The Labute approximate surface area is 147 Å². The first-order valence-electron chi connectivity index (χ1n) is 8.45. The third kappa shape index (κ3) is 6.23. The third-order valence-electron chi connectivity index (χ3n) is 4.18. The standard InChI is InChI=1S/C19H25F2NO3/c1-3-14(2)22(10-15-6-7-16(20)9-19(15)21)11-17(23)12-24-13-18-5-4-8-25-18/h4-9,14,17,23H,3,10-13H2,1-2H3/t14-,17-/m1/s1. The topological polar surface area (TPSA) is 45.8 Å². The van der Waals surface area contributed by atoms with Gasteiger partial charge >= 0.3 is 0 Å². The molecule has 0 aliphatic rings. The monoisotopic (exact) mass is 353 g/mol. The predicted molar refractivity (Wildman–Crippen MR) is 90.9 cm³/mol. The molecule has 0 amide bonds. The number of hydrogen-bond acceptors (Lipinski definition) is 4. The van der Waals surface area contributed by atoms with Crippen LogP contribution in [0, 0.1) is 11.6 Å². The molecule has 2 atom stereocenters. The Hall–Kier alpha value is -1.76. The first-order chi connectivity index (χ1) is 12.0. The molecule has 0 aliphatic carbocycles. The fourth-order valence-corrected chi connectivity index (χ4v) is 2.54. The molecule has 0 unspecified atom stereocenters. The van der Waals surface area contributed by atoms with Crippen LogP contribution in [0.25, 0.3) is 0 Å². The van der Waals surface area contributed by atoms with Crippen molar-refractivity contribution < 1.29 is 23.0 Å². The third-order valence-corrected chi connectivity index (χ3v) is 4.18. The van der Waals surface area contributed by atoms with E-state index in [-0.39, 0.29) is 12.6 Å². The molecule has 0 saturated carbocycles. The second-order valence-electron chi connectivity index (χ2n) is 6.17. The second kappa shape index (κ2) is 9.65. The number of halogens is 2. The quantitative estimate of drug-likeness (QED) is 0.707. The van der Waals surface area contributed by atoms with Crippen molar-refractivity contribution in [1.29, 1.82) is 0 Å². The Bertz CT molecular complexity index is 634. The molecular weight excluding hydrogens is 328 g/mol. The fraction of sp³-hybridized carbons (Fsp3) is 0.474. The Morgan fingerprint density at radius 2 is 2.08 bits per heavy atom. The second-order valence-corrected chi connectivity index (χ2v) is 6.17. The number of ether oxygens (including phenoxy) is 1. The highest BCUT2D eigenvalue weighted by Crippen LogP contribution is 2.16. The highest BCUT2D eigenvalue weighted by Gasteiger charge is 2.19. The smallest absolute Gasteiger partial charge is 0.130 e. The van der Waals surface area contributed by atoms with Gasteiger partial charge in [0, 0.05) is 30.8 Å². The molecule has 25 heavy (non-hydrogen) atoms. The van der Waals surface area contributed by atoms with Gasteiger partial charge in [0.1, 0.15) is 24.0 Å². The van der Waals surface area contributed by atoms with Gasteiger partial charge in [0.05, 0.1) is 19.0 Å². The SMILES string of the molecule is CC[C@@H](C)N(Cc1ccc(F)cc1F)C[C@@H](O)COCc1ccco1. The average molecular weight is 353 g/mol. The summed E-state index contributed by atoms with van der Waals surface area (Å²) in [6.45, 7) is 5.12. The number of benzene rings is 1. The van der Waals surface area contributed by atoms with Gasteiger partial charge in [-0.2, -0.15) is 0 Å². The van der Waals surface area contributed by atoms with Gasteiger partial charge in [0.25, 0.3) is 0 Å². The lowest BCUT2D eigenvalue weighted by molar-refractivity contribution is -0.00290. The number of nitrogens with zero attached hydrogens (tertiary/aromatic N) is 1. The lowest BCUT2D eigenvalue weighted by Gasteiger charge is -2.30. The van der Waals surface area contributed by atoms with E-state index in [9.17, 15) is 13.9 Å². The lowest BCUT2D eigenvalue weighted by Crippen LogP contribution is -2.40. The summed E-state index contributed by atoms with van der Waals surface area (Å²) < 4.78 is 37.6. The molecule has 4 nitrogen and oxygen atoms in total. The van der Waals surface area contributed by atoms with Crippen molar-refractivity contribution >= 4 is 0 Å². The van der Waals surface area contributed by atoms with Crippen LogP contribution >= 0.6 is 0 Å². The number of furan rings is 1. The van der Waals surface area contributed by atoms with Crippen LogP contribution in [-0.2, 0) is 17.9 Å². The van der Waals surface area contributed by atoms with Gasteiger partial charge in [0.2, 0.25) is 0 Å². The van der Waals surface area contributed by atoms with Crippen molar-refractivity contribution in [2.75, 3.05) is 13.2 Å². The largest absolute Gasteiger partial charge is 0.467 e. The average Bonchev–Trinajstić information content (AvgIpc) is 3.09. The molecule has 1 aromatic heterocycles. The van der Waals surface area contributed by atoms with Crippen molar-refractivity contribution in [2.24, 2.45) is 0 Å². The highest BCUT2D eigenvalue weighted by molar-refractivity contribution is 5.18. The van der Waals surface area contributed by atoms with E-state index < -0.39 is 17.7 Å². The molecule has 0 bridgehead atoms. The summed E-state index contributed by atoms with van der Waals surface area (Å²) >= 11 is 0. The van der Waals surface area contributed by atoms with Gasteiger partial charge in [0.15, 0.2) is 0 Å². The van der Waals surface area contributed by atoms with Crippen LogP contribution in [0.4, 0.5) is 8.78 Å². The van der Waals surface area contributed by atoms with Crippen molar-refractivity contribution in [2.45, 2.75) is 45.6 Å². The molecule has 0 saturated heterocycles. The Morgan fingerprint density at radius 3 is 2.72 bits per heavy atom. The maximum Gasteiger partial charge on any atom is 0.130 e. The van der Waals surface area contributed by atoms with Crippen LogP contribution in [-0.4, -0.2) is 35.3 Å². The molecule has 0 radical (unpaired) electrons. The summed E-state index contributed by atoms with van der Waals surface area (Å²) in [6, 6.07) is 7.29. The summed E-state index contributed by atoms with van der Waals surface area (Å²) in [7, 11) is 0. The normalized spacial score (nSPS) is 14.0. The van der Waals surface area contributed by atoms with Crippen molar-refractivity contribution in [3.63, 3.8) is 0 Å². The minimum absolute atomic E-state index is 0.143. The van der Waals surface area contributed by atoms with E-state index in [1.807, 2.05) is 18.7 Å². The zero-order valence-corrected chi connectivity index (χ0v) is 14.6. The van der Waals surface area contributed by atoms with E-state index >= 15 is 0 Å². The zero-order valence-electron chi connectivity index (χ0n) is 14.6. The first-order valence-corrected chi connectivity index (χ1v) is 8.45. The highest BCUT2D eigenvalue weighted by atomic mass is 19.1. The van der Waals surface area contributed by atoms with E-state index in [1.54, 1.807) is 18.4 Å². The van der Waals surface area contributed by atoms with Crippen LogP contribution < -0.4 is 0 Å². The Morgan fingerprint density at radius 1 is 1.28 bits per heavy atom. The number of rotatable bonds is 10. The summed E-state index contributed by atoms with van der Waals surface area (Å²) in [5.74, 6) is -0.473. The Kier molecular flexibility index (Phi) is 7.55. The molecule has 6 heteroatoms. The minimum atomic E-state index is -0.715. The summed E-state index contributed by atoms with van der Waals surface area (Å²) in [5, 5.41) is 10.2. The van der Waals surface area contributed by atoms with Crippen LogP contribution in [0.15, 0.2) is 41.0 Å². The predicted octanol–water partition coefficient (Wildman–Crippen LogP) is 3.74. The summed E-state index contributed by atoms with van der Waals surface area (Å²) in [4.78, 5) is 1.97. The Balaban J connectivity index is 1.90. The van der Waals surface area contributed by atoms with Crippen LogP contribution in [0.3, 0.4) is 0 Å². The van der Waals surface area contributed by atoms with E-state index in [1.165, 1.54) is 12.1 Å². The van der Waals surface area contributed by atoms with E-state index in [2.05, 4.69) is 0 Å². The van der Waals surface area contributed by atoms with E-state index in [0.29, 0.717) is 31.0 Å². The van der Waals surface area contributed by atoms with Crippen molar-refractivity contribution in [3.8, 4) is 0 Å². The lowest BCUT2D eigenvalue weighted by atomic mass is 10.1. The maximum atomic E-state index is 13.9. The molecule has 2 rings (SSSR count). The molecule has 1 heterocycles. The van der Waals surface area contributed by atoms with Gasteiger partial charge in [-0.1, -0.05) is 13.0 Å². The first kappa shape index (κ1) is 19.6. The maximum absolute atomic E-state index is 13.9. The number of hydrogen-bond donors (Lipinski definition) is 1. The van der Waals surface area contributed by atoms with Gasteiger partial charge < -0.3 is 14.3 Å². The molecule has 0 aliphatic heterocycles. The molecule has 2 aromatic rings. The van der Waals surface area contributed by atoms with Crippen LogP contribution in [0.5, 0.6) is 0 Å². The fourth-order valence-electron chi connectivity index (χ4n) is 2.54. The van der Waals surface area contributed by atoms with Gasteiger partial charge in [-0.25, -0.2) is 8.78 Å².